The molecule has 1 unspecified atom stereocenters. The molecule has 0 radical (unpaired) electrons. The van der Waals surface area contributed by atoms with Gasteiger partial charge in [-0.1, -0.05) is 0 Å². The maximum absolute atomic E-state index is 11.7. The lowest BCUT2D eigenvalue weighted by atomic mass is 9.94. The van der Waals surface area contributed by atoms with Crippen LogP contribution in [0.2, 0.25) is 0 Å². The minimum absolute atomic E-state index is 0.188. The van der Waals surface area contributed by atoms with Gasteiger partial charge in [0.1, 0.15) is 5.75 Å². The Morgan fingerprint density at radius 1 is 1.09 bits per heavy atom. The van der Waals surface area contributed by atoms with Crippen molar-refractivity contribution in [1.82, 2.24) is 10.3 Å². The Morgan fingerprint density at radius 3 is 2.43 bits per heavy atom. The number of pyridine rings is 1. The van der Waals surface area contributed by atoms with E-state index in [-0.39, 0.29) is 6.10 Å². The van der Waals surface area contributed by atoms with Gasteiger partial charge in [-0.25, -0.2) is 0 Å². The zero-order chi connectivity index (χ0) is 16.1. The Bertz CT molecular complexity index is 526. The maximum atomic E-state index is 11.7. The summed E-state index contributed by atoms with van der Waals surface area (Å²) in [6.45, 7) is 2.14. The summed E-state index contributed by atoms with van der Waals surface area (Å²) < 4.78 is 24.1. The van der Waals surface area contributed by atoms with E-state index < -0.39 is 10.8 Å². The molecule has 0 bridgehead atoms. The average Bonchev–Trinajstić information content (AvgIpc) is 2.58. The quantitative estimate of drug-likeness (QED) is 0.892. The fourth-order valence-electron chi connectivity index (χ4n) is 3.35. The molecule has 1 N–H and O–H groups in total. The van der Waals surface area contributed by atoms with Crippen molar-refractivity contribution in [2.45, 2.75) is 61.7 Å². The number of hydrogen-bond acceptors (Lipinski definition) is 5. The van der Waals surface area contributed by atoms with Crippen LogP contribution in [-0.4, -0.2) is 46.9 Å². The van der Waals surface area contributed by atoms with Gasteiger partial charge < -0.3 is 14.8 Å². The highest BCUT2D eigenvalue weighted by molar-refractivity contribution is 7.84. The SMILES string of the molecule is CS(=O)c1cnccc1OC1CCC(OC2CCNCC2)CC1. The first-order chi connectivity index (χ1) is 11.2. The molecule has 1 aromatic heterocycles. The molecule has 2 fully saturated rings. The number of rotatable bonds is 5. The molecule has 2 aliphatic rings. The van der Waals surface area contributed by atoms with Crippen molar-refractivity contribution >= 4 is 10.8 Å². The summed E-state index contributed by atoms with van der Waals surface area (Å²) in [5.41, 5.74) is 0. The molecule has 128 valence electrons. The Hall–Kier alpha value is -0.980. The normalized spacial score (nSPS) is 27.5. The van der Waals surface area contributed by atoms with Crippen LogP contribution < -0.4 is 10.1 Å². The summed E-state index contributed by atoms with van der Waals surface area (Å²) in [5, 5.41) is 3.37. The summed E-state index contributed by atoms with van der Waals surface area (Å²) in [4.78, 5) is 4.72. The van der Waals surface area contributed by atoms with E-state index >= 15 is 0 Å². The highest BCUT2D eigenvalue weighted by Gasteiger charge is 2.26. The van der Waals surface area contributed by atoms with Crippen LogP contribution in [-0.2, 0) is 15.5 Å². The van der Waals surface area contributed by atoms with Crippen molar-refractivity contribution in [1.29, 1.82) is 0 Å². The minimum atomic E-state index is -1.07. The van der Waals surface area contributed by atoms with Crippen molar-refractivity contribution in [2.24, 2.45) is 0 Å². The molecule has 1 atom stereocenters. The zero-order valence-corrected chi connectivity index (χ0v) is 14.5. The van der Waals surface area contributed by atoms with E-state index in [2.05, 4.69) is 10.3 Å². The number of hydrogen-bond donors (Lipinski definition) is 1. The van der Waals surface area contributed by atoms with Crippen LogP contribution in [0.3, 0.4) is 0 Å². The summed E-state index contributed by atoms with van der Waals surface area (Å²) in [7, 11) is -1.07. The van der Waals surface area contributed by atoms with Gasteiger partial charge in [0.25, 0.3) is 0 Å². The largest absolute Gasteiger partial charge is 0.489 e. The summed E-state index contributed by atoms with van der Waals surface area (Å²) in [5.74, 6) is 0.712. The number of aromatic nitrogens is 1. The maximum Gasteiger partial charge on any atom is 0.138 e. The molecular weight excluding hydrogens is 312 g/mol. The second-order valence-corrected chi connectivity index (χ2v) is 7.73. The van der Waals surface area contributed by atoms with Crippen molar-refractivity contribution in [3.63, 3.8) is 0 Å². The smallest absolute Gasteiger partial charge is 0.138 e. The fourth-order valence-corrected chi connectivity index (χ4v) is 3.96. The molecule has 2 heterocycles. The van der Waals surface area contributed by atoms with Crippen molar-refractivity contribution in [2.75, 3.05) is 19.3 Å². The predicted molar refractivity (Wildman–Crippen MR) is 90.2 cm³/mol. The monoisotopic (exact) mass is 338 g/mol. The first-order valence-electron chi connectivity index (χ1n) is 8.52. The first kappa shape index (κ1) is 16.9. The molecule has 0 spiro atoms. The van der Waals surface area contributed by atoms with E-state index in [1.165, 1.54) is 0 Å². The van der Waals surface area contributed by atoms with Crippen molar-refractivity contribution in [3.8, 4) is 5.75 Å². The van der Waals surface area contributed by atoms with Crippen molar-refractivity contribution < 1.29 is 13.7 Å². The molecule has 6 heteroatoms. The standard InChI is InChI=1S/C17H26N2O3S/c1-23(20)17-12-19-11-8-16(17)22-14-4-2-13(3-5-14)21-15-6-9-18-10-7-15/h8,11-15,18H,2-7,9-10H2,1H3. The molecule has 1 aliphatic carbocycles. The van der Waals surface area contributed by atoms with E-state index in [0.717, 1.165) is 51.6 Å². The number of nitrogens with zero attached hydrogens (tertiary/aromatic N) is 1. The van der Waals surface area contributed by atoms with Crippen LogP contribution in [0.4, 0.5) is 0 Å². The topological polar surface area (TPSA) is 60.5 Å². The first-order valence-corrected chi connectivity index (χ1v) is 10.1. The van der Waals surface area contributed by atoms with Gasteiger partial charge in [0.15, 0.2) is 0 Å². The summed E-state index contributed by atoms with van der Waals surface area (Å²) in [6, 6.07) is 1.81. The highest BCUT2D eigenvalue weighted by Crippen LogP contribution is 2.29. The third-order valence-corrected chi connectivity index (χ3v) is 5.57. The second-order valence-electron chi connectivity index (χ2n) is 6.38. The highest BCUT2D eigenvalue weighted by atomic mass is 32.2. The molecule has 3 rings (SSSR count). The molecule has 0 amide bonds. The Kier molecular flexibility index (Phi) is 6.02. The van der Waals surface area contributed by atoms with Gasteiger partial charge in [-0.15, -0.1) is 0 Å². The van der Waals surface area contributed by atoms with Crippen LogP contribution in [0.1, 0.15) is 38.5 Å². The average molecular weight is 338 g/mol. The lowest BCUT2D eigenvalue weighted by molar-refractivity contribution is -0.0550. The van der Waals surface area contributed by atoms with Crippen LogP contribution in [0.25, 0.3) is 0 Å². The predicted octanol–water partition coefficient (Wildman–Crippen LogP) is 2.28. The van der Waals surface area contributed by atoms with Crippen molar-refractivity contribution in [3.05, 3.63) is 18.5 Å². The van der Waals surface area contributed by atoms with Crippen LogP contribution in [0, 0.1) is 0 Å². The molecular formula is C17H26N2O3S. The van der Waals surface area contributed by atoms with E-state index in [1.807, 2.05) is 6.07 Å². The van der Waals surface area contributed by atoms with Crippen LogP contribution in [0.5, 0.6) is 5.75 Å². The number of ether oxygens (including phenoxy) is 2. The van der Waals surface area contributed by atoms with Gasteiger partial charge in [0.2, 0.25) is 0 Å². The van der Waals surface area contributed by atoms with Gasteiger partial charge in [-0.3, -0.25) is 9.19 Å². The second kappa shape index (κ2) is 8.22. The summed E-state index contributed by atoms with van der Waals surface area (Å²) >= 11 is 0. The number of nitrogens with one attached hydrogen (secondary N) is 1. The van der Waals surface area contributed by atoms with E-state index in [4.69, 9.17) is 9.47 Å². The third kappa shape index (κ3) is 4.75. The Balaban J connectivity index is 1.48. The number of piperidine rings is 1. The third-order valence-electron chi connectivity index (χ3n) is 4.64. The van der Waals surface area contributed by atoms with E-state index in [9.17, 15) is 4.21 Å². The minimum Gasteiger partial charge on any atom is -0.489 e. The molecule has 1 saturated carbocycles. The zero-order valence-electron chi connectivity index (χ0n) is 13.7. The lowest BCUT2D eigenvalue weighted by Gasteiger charge is -2.33. The Labute approximate surface area is 140 Å². The van der Waals surface area contributed by atoms with E-state index in [0.29, 0.717) is 22.9 Å². The van der Waals surface area contributed by atoms with Gasteiger partial charge in [0.05, 0.1) is 34.0 Å². The molecule has 1 aliphatic heterocycles. The molecule has 0 aromatic carbocycles. The Morgan fingerprint density at radius 2 is 1.74 bits per heavy atom. The molecule has 5 nitrogen and oxygen atoms in total. The van der Waals surface area contributed by atoms with E-state index in [1.54, 1.807) is 18.6 Å². The lowest BCUT2D eigenvalue weighted by Crippen LogP contribution is -2.37. The van der Waals surface area contributed by atoms with Gasteiger partial charge >= 0.3 is 0 Å². The van der Waals surface area contributed by atoms with Gasteiger partial charge in [0, 0.05) is 18.6 Å². The molecule has 1 saturated heterocycles. The van der Waals surface area contributed by atoms with Crippen LogP contribution >= 0.6 is 0 Å². The molecule has 1 aromatic rings. The van der Waals surface area contributed by atoms with Gasteiger partial charge in [-0.2, -0.15) is 0 Å². The van der Waals surface area contributed by atoms with Crippen LogP contribution in [0.15, 0.2) is 23.4 Å². The summed E-state index contributed by atoms with van der Waals surface area (Å²) in [6.07, 6.45) is 12.3. The molecule has 23 heavy (non-hydrogen) atoms. The fraction of sp³-hybridized carbons (Fsp3) is 0.706. The van der Waals surface area contributed by atoms with Gasteiger partial charge in [-0.05, 0) is 57.7 Å².